The lowest BCUT2D eigenvalue weighted by Crippen LogP contribution is -1.99. The van der Waals surface area contributed by atoms with Crippen LogP contribution < -0.4 is 0 Å². The van der Waals surface area contributed by atoms with Crippen LogP contribution in [0.1, 0.15) is 5.69 Å². The molecule has 0 fully saturated rings. The van der Waals surface area contributed by atoms with Gasteiger partial charge in [0.1, 0.15) is 0 Å². The van der Waals surface area contributed by atoms with Crippen LogP contribution in [0.4, 0.5) is 0 Å². The number of hydrogen-bond acceptors (Lipinski definition) is 1. The van der Waals surface area contributed by atoms with Gasteiger partial charge in [0.25, 0.3) is 0 Å². The van der Waals surface area contributed by atoms with Gasteiger partial charge in [0, 0.05) is 11.9 Å². The number of aryl methyl sites for hydroxylation is 1. The Morgan fingerprint density at radius 3 is 2.44 bits per heavy atom. The number of benzene rings is 1. The average Bonchev–Trinajstić information content (AvgIpc) is 2.83. The summed E-state index contributed by atoms with van der Waals surface area (Å²) in [5, 5.41) is 0. The van der Waals surface area contributed by atoms with Gasteiger partial charge in [-0.3, -0.25) is 4.98 Å². The monoisotopic (exact) mass is 234 g/mol. The average molecular weight is 234 g/mol. The Morgan fingerprint density at radius 1 is 0.889 bits per heavy atom. The molecule has 2 nitrogen and oxygen atoms in total. The van der Waals surface area contributed by atoms with Crippen molar-refractivity contribution in [1.29, 1.82) is 0 Å². The molecule has 2 heteroatoms. The molecule has 88 valence electrons. The van der Waals surface area contributed by atoms with Crippen molar-refractivity contribution in [1.82, 2.24) is 9.55 Å². The van der Waals surface area contributed by atoms with E-state index >= 15 is 0 Å². The second kappa shape index (κ2) is 4.49. The van der Waals surface area contributed by atoms with Crippen LogP contribution in [0.15, 0.2) is 67.0 Å². The highest BCUT2D eigenvalue weighted by Gasteiger charge is 2.08. The van der Waals surface area contributed by atoms with Gasteiger partial charge in [0.2, 0.25) is 0 Å². The van der Waals surface area contributed by atoms with E-state index in [0.29, 0.717) is 0 Å². The Morgan fingerprint density at radius 2 is 1.72 bits per heavy atom. The van der Waals surface area contributed by atoms with Crippen molar-refractivity contribution in [2.45, 2.75) is 6.92 Å². The molecule has 0 saturated carbocycles. The molecule has 0 aliphatic rings. The zero-order valence-corrected chi connectivity index (χ0v) is 10.2. The van der Waals surface area contributed by atoms with Gasteiger partial charge < -0.3 is 4.57 Å². The van der Waals surface area contributed by atoms with Gasteiger partial charge in [-0.2, -0.15) is 0 Å². The summed E-state index contributed by atoms with van der Waals surface area (Å²) in [6.07, 6.45) is 3.68. The van der Waals surface area contributed by atoms with E-state index in [1.165, 1.54) is 17.0 Å². The lowest BCUT2D eigenvalue weighted by atomic mass is 10.1. The number of hydrogen-bond donors (Lipinski definition) is 0. The van der Waals surface area contributed by atoms with E-state index in [1.54, 1.807) is 6.20 Å². The van der Waals surface area contributed by atoms with Crippen LogP contribution in [0.25, 0.3) is 16.9 Å². The van der Waals surface area contributed by atoms with E-state index in [0.717, 1.165) is 5.69 Å². The Balaban J connectivity index is 2.19. The van der Waals surface area contributed by atoms with Gasteiger partial charge >= 0.3 is 0 Å². The van der Waals surface area contributed by atoms with Crippen molar-refractivity contribution in [3.63, 3.8) is 0 Å². The molecule has 2 aromatic heterocycles. The Labute approximate surface area is 107 Å². The van der Waals surface area contributed by atoms with E-state index in [1.807, 2.05) is 18.3 Å². The summed E-state index contributed by atoms with van der Waals surface area (Å²) in [4.78, 5) is 4.20. The highest BCUT2D eigenvalue weighted by atomic mass is 15.0. The molecule has 0 saturated heterocycles. The number of pyridine rings is 1. The summed E-state index contributed by atoms with van der Waals surface area (Å²) >= 11 is 0. The zero-order valence-electron chi connectivity index (χ0n) is 10.2. The fraction of sp³-hybridized carbons (Fsp3) is 0.0625. The standard InChI is InChI=1S/C16H14N2/c1-13-9-10-16(14-6-3-2-4-7-14)18(13)15-8-5-11-17-12-15/h2-12H,1H3. The minimum atomic E-state index is 1.10. The largest absolute Gasteiger partial charge is 0.312 e. The van der Waals surface area contributed by atoms with Crippen LogP contribution in [0.2, 0.25) is 0 Å². The molecule has 0 spiro atoms. The van der Waals surface area contributed by atoms with Crippen LogP contribution in [0, 0.1) is 6.92 Å². The smallest absolute Gasteiger partial charge is 0.0641 e. The minimum Gasteiger partial charge on any atom is -0.312 e. The molecule has 0 bridgehead atoms. The number of nitrogens with zero attached hydrogens (tertiary/aromatic N) is 2. The van der Waals surface area contributed by atoms with Crippen LogP contribution in [0.5, 0.6) is 0 Å². The molecule has 0 unspecified atom stereocenters. The van der Waals surface area contributed by atoms with Crippen molar-refractivity contribution in [2.24, 2.45) is 0 Å². The first-order chi connectivity index (χ1) is 8.86. The van der Waals surface area contributed by atoms with E-state index in [9.17, 15) is 0 Å². The molecule has 0 N–H and O–H groups in total. The van der Waals surface area contributed by atoms with Crippen LogP contribution in [-0.4, -0.2) is 9.55 Å². The summed E-state index contributed by atoms with van der Waals surface area (Å²) in [6.45, 7) is 2.11. The van der Waals surface area contributed by atoms with Crippen LogP contribution in [-0.2, 0) is 0 Å². The van der Waals surface area contributed by atoms with Crippen LogP contribution in [0.3, 0.4) is 0 Å². The first kappa shape index (κ1) is 10.8. The maximum absolute atomic E-state index is 4.20. The Bertz CT molecular complexity index is 639. The van der Waals surface area contributed by atoms with E-state index in [2.05, 4.69) is 58.9 Å². The van der Waals surface area contributed by atoms with Crippen LogP contribution >= 0.6 is 0 Å². The van der Waals surface area contributed by atoms with Gasteiger partial charge in [0.15, 0.2) is 0 Å². The molecule has 3 rings (SSSR count). The molecule has 2 heterocycles. The van der Waals surface area contributed by atoms with Gasteiger partial charge in [-0.05, 0) is 36.8 Å². The maximum Gasteiger partial charge on any atom is 0.0641 e. The zero-order chi connectivity index (χ0) is 12.4. The van der Waals surface area contributed by atoms with Gasteiger partial charge in [-0.1, -0.05) is 30.3 Å². The van der Waals surface area contributed by atoms with Gasteiger partial charge in [-0.25, -0.2) is 0 Å². The molecule has 0 aliphatic heterocycles. The molecule has 1 aromatic carbocycles. The van der Waals surface area contributed by atoms with E-state index in [4.69, 9.17) is 0 Å². The first-order valence-electron chi connectivity index (χ1n) is 6.00. The van der Waals surface area contributed by atoms with Gasteiger partial charge in [-0.15, -0.1) is 0 Å². The Kier molecular flexibility index (Phi) is 2.69. The molecule has 0 radical (unpaired) electrons. The lowest BCUT2D eigenvalue weighted by molar-refractivity contribution is 1.01. The molecule has 18 heavy (non-hydrogen) atoms. The predicted octanol–water partition coefficient (Wildman–Crippen LogP) is 3.85. The highest BCUT2D eigenvalue weighted by Crippen LogP contribution is 2.25. The summed E-state index contributed by atoms with van der Waals surface area (Å²) in [6, 6.07) is 18.7. The molecule has 0 aliphatic carbocycles. The second-order valence-corrected chi connectivity index (χ2v) is 4.27. The predicted molar refractivity (Wildman–Crippen MR) is 73.7 cm³/mol. The molecule has 3 aromatic rings. The summed E-state index contributed by atoms with van der Waals surface area (Å²) in [5.41, 5.74) is 4.72. The number of rotatable bonds is 2. The van der Waals surface area contributed by atoms with Crippen molar-refractivity contribution in [2.75, 3.05) is 0 Å². The fourth-order valence-electron chi connectivity index (χ4n) is 2.20. The molecule has 0 atom stereocenters. The van der Waals surface area contributed by atoms with Crippen molar-refractivity contribution >= 4 is 0 Å². The van der Waals surface area contributed by atoms with Crippen molar-refractivity contribution in [3.05, 3.63) is 72.7 Å². The topological polar surface area (TPSA) is 17.8 Å². The molecular formula is C16H14N2. The van der Waals surface area contributed by atoms with E-state index in [-0.39, 0.29) is 0 Å². The van der Waals surface area contributed by atoms with Crippen molar-refractivity contribution < 1.29 is 0 Å². The maximum atomic E-state index is 4.20. The van der Waals surface area contributed by atoms with Crippen molar-refractivity contribution in [3.8, 4) is 16.9 Å². The second-order valence-electron chi connectivity index (χ2n) is 4.27. The normalized spacial score (nSPS) is 10.5. The summed E-state index contributed by atoms with van der Waals surface area (Å²) in [7, 11) is 0. The third-order valence-electron chi connectivity index (χ3n) is 3.05. The third-order valence-corrected chi connectivity index (χ3v) is 3.05. The first-order valence-corrected chi connectivity index (χ1v) is 6.00. The molecular weight excluding hydrogens is 220 g/mol. The fourth-order valence-corrected chi connectivity index (χ4v) is 2.20. The van der Waals surface area contributed by atoms with E-state index < -0.39 is 0 Å². The Hall–Kier alpha value is -2.35. The quantitative estimate of drug-likeness (QED) is 0.658. The minimum absolute atomic E-state index is 1.10. The summed E-state index contributed by atoms with van der Waals surface area (Å²) < 4.78 is 2.22. The lowest BCUT2D eigenvalue weighted by Gasteiger charge is -2.11. The SMILES string of the molecule is Cc1ccc(-c2ccccc2)n1-c1cccnc1. The summed E-state index contributed by atoms with van der Waals surface area (Å²) in [5.74, 6) is 0. The number of aromatic nitrogens is 2. The molecule has 0 amide bonds. The highest BCUT2D eigenvalue weighted by molar-refractivity contribution is 5.63. The van der Waals surface area contributed by atoms with Gasteiger partial charge in [0.05, 0.1) is 17.6 Å². The third kappa shape index (κ3) is 1.82.